The number of amides is 1. The maximum Gasteiger partial charge on any atom is 0.323 e. The molecule has 0 atom stereocenters. The van der Waals surface area contributed by atoms with Gasteiger partial charge < -0.3 is 10.0 Å². The molecule has 0 saturated heterocycles. The van der Waals surface area contributed by atoms with Gasteiger partial charge in [0, 0.05) is 11.2 Å². The standard InChI is InChI=1S/C16H19NO3S/c1-10(2)8-17(9-14(18)19)16(20)15-11(3)12-6-4-5-7-13(12)21-15/h4-7,10H,8-9H2,1-3H3,(H,18,19). The Morgan fingerprint density at radius 2 is 1.95 bits per heavy atom. The third-order valence-corrected chi connectivity index (χ3v) is 4.50. The van der Waals surface area contributed by atoms with Crippen LogP contribution < -0.4 is 0 Å². The Morgan fingerprint density at radius 1 is 1.29 bits per heavy atom. The second kappa shape index (κ2) is 6.26. The molecule has 1 amide bonds. The number of hydrogen-bond donors (Lipinski definition) is 1. The molecule has 0 spiro atoms. The number of benzene rings is 1. The molecule has 1 aromatic heterocycles. The number of rotatable bonds is 5. The fraction of sp³-hybridized carbons (Fsp3) is 0.375. The first kappa shape index (κ1) is 15.5. The molecule has 0 saturated carbocycles. The molecule has 4 nitrogen and oxygen atoms in total. The zero-order valence-corrected chi connectivity index (χ0v) is 13.2. The van der Waals surface area contributed by atoms with Crippen molar-refractivity contribution in [1.82, 2.24) is 4.90 Å². The number of aryl methyl sites for hydroxylation is 1. The zero-order chi connectivity index (χ0) is 15.6. The van der Waals surface area contributed by atoms with Crippen LogP contribution in [0.2, 0.25) is 0 Å². The summed E-state index contributed by atoms with van der Waals surface area (Å²) in [6.45, 7) is 6.05. The topological polar surface area (TPSA) is 57.6 Å². The van der Waals surface area contributed by atoms with Crippen molar-refractivity contribution in [3.8, 4) is 0 Å². The summed E-state index contributed by atoms with van der Waals surface area (Å²) in [6, 6.07) is 7.85. The molecule has 112 valence electrons. The van der Waals surface area contributed by atoms with Crippen LogP contribution in [0.25, 0.3) is 10.1 Å². The highest BCUT2D eigenvalue weighted by Gasteiger charge is 2.23. The molecule has 5 heteroatoms. The first-order valence-electron chi connectivity index (χ1n) is 6.89. The lowest BCUT2D eigenvalue weighted by Crippen LogP contribution is -2.38. The van der Waals surface area contributed by atoms with E-state index in [9.17, 15) is 9.59 Å². The summed E-state index contributed by atoms with van der Waals surface area (Å²) in [5.41, 5.74) is 0.930. The molecule has 0 aliphatic heterocycles. The summed E-state index contributed by atoms with van der Waals surface area (Å²) in [5.74, 6) is -0.949. The molecule has 2 rings (SSSR count). The zero-order valence-electron chi connectivity index (χ0n) is 12.4. The smallest absolute Gasteiger partial charge is 0.323 e. The minimum atomic E-state index is -0.984. The predicted molar refractivity (Wildman–Crippen MR) is 84.9 cm³/mol. The van der Waals surface area contributed by atoms with Gasteiger partial charge in [-0.3, -0.25) is 9.59 Å². The summed E-state index contributed by atoms with van der Waals surface area (Å²) in [5, 5.41) is 10.1. The molecule has 1 aromatic carbocycles. The molecule has 0 aliphatic carbocycles. The lowest BCUT2D eigenvalue weighted by molar-refractivity contribution is -0.137. The van der Waals surface area contributed by atoms with E-state index in [1.807, 2.05) is 45.0 Å². The fourth-order valence-corrected chi connectivity index (χ4v) is 3.52. The second-order valence-corrected chi connectivity index (χ2v) is 6.58. The summed E-state index contributed by atoms with van der Waals surface area (Å²) in [7, 11) is 0. The van der Waals surface area contributed by atoms with E-state index in [1.165, 1.54) is 16.2 Å². The second-order valence-electron chi connectivity index (χ2n) is 5.53. The van der Waals surface area contributed by atoms with Gasteiger partial charge in [0.25, 0.3) is 5.91 Å². The lowest BCUT2D eigenvalue weighted by atomic mass is 10.1. The Morgan fingerprint density at radius 3 is 2.52 bits per heavy atom. The van der Waals surface area contributed by atoms with Crippen LogP contribution in [0.5, 0.6) is 0 Å². The van der Waals surface area contributed by atoms with Crippen LogP contribution >= 0.6 is 11.3 Å². The minimum Gasteiger partial charge on any atom is -0.480 e. The SMILES string of the molecule is Cc1c(C(=O)N(CC(=O)O)CC(C)C)sc2ccccc12. The quantitative estimate of drug-likeness (QED) is 0.921. The van der Waals surface area contributed by atoms with Crippen LogP contribution in [-0.2, 0) is 4.79 Å². The maximum atomic E-state index is 12.7. The van der Waals surface area contributed by atoms with Crippen molar-refractivity contribution in [3.05, 3.63) is 34.7 Å². The minimum absolute atomic E-state index is 0.190. The third kappa shape index (κ3) is 3.42. The van der Waals surface area contributed by atoms with Crippen molar-refractivity contribution < 1.29 is 14.7 Å². The number of carbonyl (C=O) groups excluding carboxylic acids is 1. The van der Waals surface area contributed by atoms with Crippen LogP contribution in [0.15, 0.2) is 24.3 Å². The van der Waals surface area contributed by atoms with Crippen molar-refractivity contribution in [3.63, 3.8) is 0 Å². The molecule has 0 aliphatic rings. The van der Waals surface area contributed by atoms with Gasteiger partial charge >= 0.3 is 5.97 Å². The summed E-state index contributed by atoms with van der Waals surface area (Å²) >= 11 is 1.43. The van der Waals surface area contributed by atoms with E-state index < -0.39 is 5.97 Å². The van der Waals surface area contributed by atoms with Gasteiger partial charge in [0.15, 0.2) is 0 Å². The van der Waals surface area contributed by atoms with Crippen molar-refractivity contribution in [2.24, 2.45) is 5.92 Å². The Hall–Kier alpha value is -1.88. The number of nitrogens with zero attached hydrogens (tertiary/aromatic N) is 1. The number of carboxylic acids is 1. The van der Waals surface area contributed by atoms with Crippen molar-refractivity contribution >= 4 is 33.3 Å². The molecule has 0 radical (unpaired) electrons. The Kier molecular flexibility index (Phi) is 4.63. The van der Waals surface area contributed by atoms with Gasteiger partial charge in [0.1, 0.15) is 6.54 Å². The number of fused-ring (bicyclic) bond motifs is 1. The highest BCUT2D eigenvalue weighted by molar-refractivity contribution is 7.21. The fourth-order valence-electron chi connectivity index (χ4n) is 2.35. The van der Waals surface area contributed by atoms with Crippen LogP contribution in [0.4, 0.5) is 0 Å². The number of aliphatic carboxylic acids is 1. The maximum absolute atomic E-state index is 12.7. The van der Waals surface area contributed by atoms with Gasteiger partial charge in [-0.25, -0.2) is 0 Å². The molecule has 0 bridgehead atoms. The van der Waals surface area contributed by atoms with Gasteiger partial charge in [-0.15, -0.1) is 11.3 Å². The number of thiophene rings is 1. The van der Waals surface area contributed by atoms with Crippen LogP contribution in [-0.4, -0.2) is 35.0 Å². The van der Waals surface area contributed by atoms with E-state index in [0.29, 0.717) is 11.4 Å². The van der Waals surface area contributed by atoms with E-state index in [4.69, 9.17) is 5.11 Å². The van der Waals surface area contributed by atoms with Gasteiger partial charge in [-0.1, -0.05) is 32.0 Å². The molecule has 1 heterocycles. The molecule has 0 unspecified atom stereocenters. The van der Waals surface area contributed by atoms with E-state index in [0.717, 1.165) is 15.6 Å². The van der Waals surface area contributed by atoms with Gasteiger partial charge in [-0.05, 0) is 29.9 Å². The molecule has 2 aromatic rings. The van der Waals surface area contributed by atoms with E-state index in [-0.39, 0.29) is 18.4 Å². The highest BCUT2D eigenvalue weighted by atomic mass is 32.1. The largest absolute Gasteiger partial charge is 0.480 e. The Labute approximate surface area is 128 Å². The number of carbonyl (C=O) groups is 2. The average Bonchev–Trinajstić information content (AvgIpc) is 2.74. The summed E-state index contributed by atoms with van der Waals surface area (Å²) in [6.07, 6.45) is 0. The van der Waals surface area contributed by atoms with Crippen LogP contribution in [0.3, 0.4) is 0 Å². The van der Waals surface area contributed by atoms with Crippen molar-refractivity contribution in [1.29, 1.82) is 0 Å². The molecule has 0 fully saturated rings. The van der Waals surface area contributed by atoms with Gasteiger partial charge in [-0.2, -0.15) is 0 Å². The van der Waals surface area contributed by atoms with Crippen LogP contribution in [0, 0.1) is 12.8 Å². The van der Waals surface area contributed by atoms with Crippen LogP contribution in [0.1, 0.15) is 29.1 Å². The molecule has 21 heavy (non-hydrogen) atoms. The van der Waals surface area contributed by atoms with E-state index >= 15 is 0 Å². The van der Waals surface area contributed by atoms with Gasteiger partial charge in [0.2, 0.25) is 0 Å². The first-order valence-corrected chi connectivity index (χ1v) is 7.71. The summed E-state index contributed by atoms with van der Waals surface area (Å²) < 4.78 is 1.05. The lowest BCUT2D eigenvalue weighted by Gasteiger charge is -2.22. The summed E-state index contributed by atoms with van der Waals surface area (Å²) in [4.78, 5) is 25.7. The Bertz CT molecular complexity index is 675. The van der Waals surface area contributed by atoms with E-state index in [2.05, 4.69) is 0 Å². The molecular formula is C16H19NO3S. The van der Waals surface area contributed by atoms with E-state index in [1.54, 1.807) is 0 Å². The monoisotopic (exact) mass is 305 g/mol. The highest BCUT2D eigenvalue weighted by Crippen LogP contribution is 2.31. The predicted octanol–water partition coefficient (Wildman–Crippen LogP) is 3.39. The Balaban J connectivity index is 2.38. The van der Waals surface area contributed by atoms with Gasteiger partial charge in [0.05, 0.1) is 4.88 Å². The van der Waals surface area contributed by atoms with Crippen molar-refractivity contribution in [2.45, 2.75) is 20.8 Å². The third-order valence-electron chi connectivity index (χ3n) is 3.24. The first-order chi connectivity index (χ1) is 9.90. The normalized spacial score (nSPS) is 11.0. The number of hydrogen-bond acceptors (Lipinski definition) is 3. The number of carboxylic acid groups (broad SMARTS) is 1. The van der Waals surface area contributed by atoms with Crippen molar-refractivity contribution in [2.75, 3.05) is 13.1 Å². The molecular weight excluding hydrogens is 286 g/mol. The average molecular weight is 305 g/mol. The molecule has 1 N–H and O–H groups in total.